The number of anilines is 1. The summed E-state index contributed by atoms with van der Waals surface area (Å²) < 4.78 is 7.08. The fraction of sp³-hybridized carbons (Fsp3) is 0.364. The smallest absolute Gasteiger partial charge is 0.339 e. The van der Waals surface area contributed by atoms with Crippen LogP contribution in [0.2, 0.25) is 0 Å². The number of aromatic nitrogens is 3. The van der Waals surface area contributed by atoms with Crippen molar-refractivity contribution >= 4 is 28.6 Å². The lowest BCUT2D eigenvalue weighted by Crippen LogP contribution is -2.21. The minimum absolute atomic E-state index is 0.103. The highest BCUT2D eigenvalue weighted by Crippen LogP contribution is 2.25. The molecule has 0 bridgehead atoms. The van der Waals surface area contributed by atoms with Gasteiger partial charge in [-0.1, -0.05) is 32.0 Å². The number of carbonyl (C=O) groups is 2. The molecule has 0 saturated heterocycles. The molecule has 0 saturated carbocycles. The van der Waals surface area contributed by atoms with E-state index in [1.54, 1.807) is 23.0 Å². The Balaban J connectivity index is 1.81. The monoisotopic (exact) mass is 394 g/mol. The third-order valence-corrected chi connectivity index (χ3v) is 4.64. The summed E-state index contributed by atoms with van der Waals surface area (Å²) in [6.07, 6.45) is 1.62. The Morgan fingerprint density at radius 1 is 1.17 bits per heavy atom. The first kappa shape index (κ1) is 20.5. The first-order chi connectivity index (χ1) is 13.8. The highest BCUT2D eigenvalue weighted by atomic mass is 16.5. The Morgan fingerprint density at radius 3 is 2.55 bits per heavy atom. The first-order valence-corrected chi connectivity index (χ1v) is 9.68. The molecule has 0 spiro atoms. The van der Waals surface area contributed by atoms with E-state index in [4.69, 9.17) is 4.74 Å². The van der Waals surface area contributed by atoms with Crippen LogP contribution in [-0.4, -0.2) is 33.2 Å². The predicted octanol–water partition coefficient (Wildman–Crippen LogP) is 4.24. The third kappa shape index (κ3) is 4.45. The number of nitrogens with one attached hydrogen (secondary N) is 1. The van der Waals surface area contributed by atoms with Crippen LogP contribution in [0.25, 0.3) is 11.0 Å². The molecule has 0 aliphatic carbocycles. The van der Waals surface area contributed by atoms with Gasteiger partial charge in [0.1, 0.15) is 0 Å². The van der Waals surface area contributed by atoms with Gasteiger partial charge < -0.3 is 10.1 Å². The summed E-state index contributed by atoms with van der Waals surface area (Å²) in [5.41, 5.74) is 3.42. The molecule has 0 aliphatic heterocycles. The van der Waals surface area contributed by atoms with Gasteiger partial charge in [0.2, 0.25) is 0 Å². The lowest BCUT2D eigenvalue weighted by atomic mass is 10.1. The van der Waals surface area contributed by atoms with Gasteiger partial charge in [-0.05, 0) is 44.4 Å². The Hall–Kier alpha value is -3.22. The zero-order chi connectivity index (χ0) is 21.1. The van der Waals surface area contributed by atoms with E-state index < -0.39 is 5.97 Å². The van der Waals surface area contributed by atoms with Crippen molar-refractivity contribution < 1.29 is 14.3 Å². The number of nitrogens with zero attached hydrogens (tertiary/aromatic N) is 3. The van der Waals surface area contributed by atoms with Crippen molar-refractivity contribution in [3.05, 3.63) is 53.3 Å². The number of benzene rings is 1. The van der Waals surface area contributed by atoms with Gasteiger partial charge >= 0.3 is 5.97 Å². The number of pyridine rings is 1. The topological polar surface area (TPSA) is 86.1 Å². The molecule has 7 heteroatoms. The number of aryl methyl sites for hydroxylation is 1. The average molecular weight is 394 g/mol. The number of hydrogen-bond donors (Lipinski definition) is 1. The Bertz CT molecular complexity index is 1050. The summed E-state index contributed by atoms with van der Waals surface area (Å²) in [5.74, 6) is -0.826. The SMILES string of the molecule is Cc1ccccc1NC(=O)COC(=O)c1cc(C(C)C)nc2c1cnn2C(C)C. The van der Waals surface area contributed by atoms with Crippen LogP contribution in [0, 0.1) is 6.92 Å². The van der Waals surface area contributed by atoms with E-state index in [0.29, 0.717) is 22.3 Å². The molecular formula is C22H26N4O3. The van der Waals surface area contributed by atoms with Crippen LogP contribution in [-0.2, 0) is 9.53 Å². The van der Waals surface area contributed by atoms with Crippen molar-refractivity contribution in [1.29, 1.82) is 0 Å². The molecule has 0 fully saturated rings. The molecule has 2 heterocycles. The van der Waals surface area contributed by atoms with Gasteiger partial charge in [-0.2, -0.15) is 5.10 Å². The second-order valence-corrected chi connectivity index (χ2v) is 7.61. The molecular weight excluding hydrogens is 368 g/mol. The fourth-order valence-corrected chi connectivity index (χ4v) is 2.99. The van der Waals surface area contributed by atoms with E-state index in [1.165, 1.54) is 0 Å². The number of amides is 1. The van der Waals surface area contributed by atoms with E-state index in [9.17, 15) is 9.59 Å². The van der Waals surface area contributed by atoms with Gasteiger partial charge in [0.05, 0.1) is 17.1 Å². The summed E-state index contributed by atoms with van der Waals surface area (Å²) in [4.78, 5) is 29.7. The Labute approximate surface area is 170 Å². The van der Waals surface area contributed by atoms with Crippen molar-refractivity contribution in [1.82, 2.24) is 14.8 Å². The predicted molar refractivity (Wildman–Crippen MR) is 112 cm³/mol. The molecule has 3 rings (SSSR count). The van der Waals surface area contributed by atoms with Crippen LogP contribution < -0.4 is 5.32 Å². The average Bonchev–Trinajstić information content (AvgIpc) is 3.11. The van der Waals surface area contributed by atoms with Gasteiger partial charge in [-0.15, -0.1) is 0 Å². The number of rotatable bonds is 6. The maximum atomic E-state index is 12.8. The van der Waals surface area contributed by atoms with Gasteiger partial charge in [0, 0.05) is 17.4 Å². The van der Waals surface area contributed by atoms with Crippen LogP contribution in [0.1, 0.15) is 61.3 Å². The number of esters is 1. The minimum atomic E-state index is -0.567. The van der Waals surface area contributed by atoms with Gasteiger partial charge in [-0.3, -0.25) is 4.79 Å². The van der Waals surface area contributed by atoms with Gasteiger partial charge in [0.25, 0.3) is 5.91 Å². The molecule has 0 radical (unpaired) electrons. The van der Waals surface area contributed by atoms with Crippen LogP contribution in [0.4, 0.5) is 5.69 Å². The summed E-state index contributed by atoms with van der Waals surface area (Å²) >= 11 is 0. The van der Waals surface area contributed by atoms with E-state index in [2.05, 4.69) is 15.4 Å². The van der Waals surface area contributed by atoms with Crippen molar-refractivity contribution in [2.24, 2.45) is 0 Å². The molecule has 152 valence electrons. The molecule has 0 atom stereocenters. The largest absolute Gasteiger partial charge is 0.452 e. The van der Waals surface area contributed by atoms with Crippen LogP contribution in [0.5, 0.6) is 0 Å². The second kappa shape index (κ2) is 8.43. The molecule has 1 N–H and O–H groups in total. The van der Waals surface area contributed by atoms with Crippen molar-refractivity contribution in [2.45, 2.75) is 46.6 Å². The molecule has 3 aromatic rings. The highest BCUT2D eigenvalue weighted by Gasteiger charge is 2.20. The number of para-hydroxylation sites is 1. The maximum Gasteiger partial charge on any atom is 0.339 e. The van der Waals surface area contributed by atoms with Crippen molar-refractivity contribution in [3.63, 3.8) is 0 Å². The van der Waals surface area contributed by atoms with E-state index in [0.717, 1.165) is 11.3 Å². The second-order valence-electron chi connectivity index (χ2n) is 7.61. The fourth-order valence-electron chi connectivity index (χ4n) is 2.99. The van der Waals surface area contributed by atoms with Crippen molar-refractivity contribution in [2.75, 3.05) is 11.9 Å². The summed E-state index contributed by atoms with van der Waals surface area (Å²) in [6, 6.07) is 9.25. The van der Waals surface area contributed by atoms with Crippen LogP contribution in [0.3, 0.4) is 0 Å². The quantitative estimate of drug-likeness (QED) is 0.632. The minimum Gasteiger partial charge on any atom is -0.452 e. The summed E-state index contributed by atoms with van der Waals surface area (Å²) in [7, 11) is 0. The van der Waals surface area contributed by atoms with Gasteiger partial charge in [0.15, 0.2) is 12.3 Å². The molecule has 7 nitrogen and oxygen atoms in total. The number of ether oxygens (including phenoxy) is 1. The molecule has 2 aromatic heterocycles. The summed E-state index contributed by atoms with van der Waals surface area (Å²) in [6.45, 7) is 9.56. The zero-order valence-electron chi connectivity index (χ0n) is 17.4. The lowest BCUT2D eigenvalue weighted by Gasteiger charge is -2.12. The number of hydrogen-bond acceptors (Lipinski definition) is 5. The van der Waals surface area contributed by atoms with Gasteiger partial charge in [-0.25, -0.2) is 14.5 Å². The molecule has 1 aromatic carbocycles. The number of carbonyl (C=O) groups excluding carboxylic acids is 2. The molecule has 1 amide bonds. The van der Waals surface area contributed by atoms with Crippen molar-refractivity contribution in [3.8, 4) is 0 Å². The molecule has 29 heavy (non-hydrogen) atoms. The third-order valence-electron chi connectivity index (χ3n) is 4.64. The lowest BCUT2D eigenvalue weighted by molar-refractivity contribution is -0.119. The van der Waals surface area contributed by atoms with E-state index >= 15 is 0 Å². The first-order valence-electron chi connectivity index (χ1n) is 9.68. The molecule has 0 unspecified atom stereocenters. The van der Waals surface area contributed by atoms with E-state index in [-0.39, 0.29) is 24.5 Å². The zero-order valence-corrected chi connectivity index (χ0v) is 17.4. The van der Waals surface area contributed by atoms with Crippen LogP contribution >= 0.6 is 0 Å². The highest BCUT2D eigenvalue weighted by molar-refractivity contribution is 6.04. The maximum absolute atomic E-state index is 12.8. The van der Waals surface area contributed by atoms with E-state index in [1.807, 2.05) is 52.8 Å². The normalized spacial score (nSPS) is 11.3. The van der Waals surface area contributed by atoms with Crippen LogP contribution in [0.15, 0.2) is 36.5 Å². The Kier molecular flexibility index (Phi) is 5.96. The standard InChI is InChI=1S/C22H26N4O3/c1-13(2)19-10-16(17-11-23-26(14(3)4)21(17)25-19)22(28)29-12-20(27)24-18-9-7-6-8-15(18)5/h6-11,13-14H,12H2,1-5H3,(H,24,27). The summed E-state index contributed by atoms with van der Waals surface area (Å²) in [5, 5.41) is 7.74. The molecule has 0 aliphatic rings. The Morgan fingerprint density at radius 2 is 1.90 bits per heavy atom. The number of fused-ring (bicyclic) bond motifs is 1.